The number of ether oxygens (including phenoxy) is 3. The van der Waals surface area contributed by atoms with Crippen molar-refractivity contribution in [1.29, 1.82) is 0 Å². The first-order valence-electron chi connectivity index (χ1n) is 6.14. The average Bonchev–Trinajstić information content (AvgIpc) is 2.53. The third-order valence-electron chi connectivity index (χ3n) is 2.97. The van der Waals surface area contributed by atoms with Gasteiger partial charge in [0.2, 0.25) is 11.8 Å². The number of rotatable bonds is 5. The quantitative estimate of drug-likeness (QED) is 0.888. The van der Waals surface area contributed by atoms with Crippen molar-refractivity contribution >= 4 is 15.9 Å². The molecule has 2 aromatic rings. The Balaban J connectivity index is 2.46. The fourth-order valence-corrected chi connectivity index (χ4v) is 2.26. The van der Waals surface area contributed by atoms with Crippen LogP contribution in [0.15, 0.2) is 28.9 Å². The Labute approximate surface area is 131 Å². The van der Waals surface area contributed by atoms with Gasteiger partial charge in [-0.05, 0) is 12.1 Å². The summed E-state index contributed by atoms with van der Waals surface area (Å²) in [4.78, 5) is 8.48. The SMILES string of the molecule is COc1cnc(C(N)c2ccc(Br)cc2OC)c(OC)n1. The molecular formula is C14H16BrN3O3. The number of methoxy groups -OCH3 is 3. The molecule has 1 aromatic carbocycles. The summed E-state index contributed by atoms with van der Waals surface area (Å²) in [5.74, 6) is 1.36. The maximum absolute atomic E-state index is 6.29. The van der Waals surface area contributed by atoms with E-state index in [2.05, 4.69) is 25.9 Å². The van der Waals surface area contributed by atoms with Crippen molar-refractivity contribution in [2.45, 2.75) is 6.04 Å². The normalized spacial score (nSPS) is 11.9. The van der Waals surface area contributed by atoms with Crippen LogP contribution in [-0.2, 0) is 0 Å². The van der Waals surface area contributed by atoms with Gasteiger partial charge in [0.05, 0.1) is 33.6 Å². The van der Waals surface area contributed by atoms with E-state index in [1.165, 1.54) is 20.4 Å². The second-order valence-electron chi connectivity index (χ2n) is 4.17. The minimum absolute atomic E-state index is 0.326. The van der Waals surface area contributed by atoms with Crippen LogP contribution >= 0.6 is 15.9 Å². The highest BCUT2D eigenvalue weighted by Gasteiger charge is 2.21. The molecule has 2 rings (SSSR count). The minimum Gasteiger partial charge on any atom is -0.496 e. The van der Waals surface area contributed by atoms with Crippen molar-refractivity contribution in [3.8, 4) is 17.5 Å². The molecular weight excluding hydrogens is 338 g/mol. The van der Waals surface area contributed by atoms with Crippen LogP contribution in [0.4, 0.5) is 0 Å². The minimum atomic E-state index is -0.526. The lowest BCUT2D eigenvalue weighted by Gasteiger charge is -2.17. The molecule has 21 heavy (non-hydrogen) atoms. The van der Waals surface area contributed by atoms with Crippen molar-refractivity contribution in [2.75, 3.05) is 21.3 Å². The molecule has 0 aliphatic rings. The lowest BCUT2D eigenvalue weighted by molar-refractivity contribution is 0.354. The first-order valence-corrected chi connectivity index (χ1v) is 6.94. The van der Waals surface area contributed by atoms with E-state index in [0.717, 1.165) is 10.0 Å². The highest BCUT2D eigenvalue weighted by Crippen LogP contribution is 2.33. The van der Waals surface area contributed by atoms with E-state index >= 15 is 0 Å². The number of halogens is 1. The van der Waals surface area contributed by atoms with Gasteiger partial charge in [0.25, 0.3) is 0 Å². The Bertz CT molecular complexity index is 637. The molecule has 0 bridgehead atoms. The molecule has 0 saturated heterocycles. The molecule has 1 atom stereocenters. The Morgan fingerprint density at radius 3 is 2.52 bits per heavy atom. The van der Waals surface area contributed by atoms with Gasteiger partial charge in [0, 0.05) is 10.0 Å². The molecule has 0 saturated carbocycles. The largest absolute Gasteiger partial charge is 0.496 e. The molecule has 0 spiro atoms. The number of benzene rings is 1. The van der Waals surface area contributed by atoms with E-state index in [9.17, 15) is 0 Å². The van der Waals surface area contributed by atoms with Gasteiger partial charge in [-0.15, -0.1) is 0 Å². The standard InChI is InChI=1S/C14H16BrN3O3/c1-19-10-6-8(15)4-5-9(10)12(16)13-14(21-3)18-11(20-2)7-17-13/h4-7,12H,16H2,1-3H3. The first-order chi connectivity index (χ1) is 10.1. The molecule has 0 aliphatic heterocycles. The van der Waals surface area contributed by atoms with E-state index in [1.807, 2.05) is 18.2 Å². The summed E-state index contributed by atoms with van der Waals surface area (Å²) in [5, 5.41) is 0. The molecule has 1 unspecified atom stereocenters. The highest BCUT2D eigenvalue weighted by atomic mass is 79.9. The first kappa shape index (κ1) is 15.5. The van der Waals surface area contributed by atoms with Crippen LogP contribution in [0.25, 0.3) is 0 Å². The third-order valence-corrected chi connectivity index (χ3v) is 3.47. The number of nitrogens with zero attached hydrogens (tertiary/aromatic N) is 2. The monoisotopic (exact) mass is 353 g/mol. The Kier molecular flexibility index (Phi) is 4.98. The zero-order chi connectivity index (χ0) is 15.4. The smallest absolute Gasteiger partial charge is 0.240 e. The van der Waals surface area contributed by atoms with Crippen LogP contribution in [0.2, 0.25) is 0 Å². The maximum Gasteiger partial charge on any atom is 0.240 e. The number of nitrogens with two attached hydrogens (primary N) is 1. The second kappa shape index (κ2) is 6.73. The summed E-state index contributed by atoms with van der Waals surface area (Å²) in [6.07, 6.45) is 1.50. The fraction of sp³-hybridized carbons (Fsp3) is 0.286. The summed E-state index contributed by atoms with van der Waals surface area (Å²) in [6.45, 7) is 0. The van der Waals surface area contributed by atoms with Crippen LogP contribution in [0.1, 0.15) is 17.3 Å². The Hall–Kier alpha value is -1.86. The van der Waals surface area contributed by atoms with Crippen LogP contribution in [0.3, 0.4) is 0 Å². The lowest BCUT2D eigenvalue weighted by Crippen LogP contribution is -2.16. The lowest BCUT2D eigenvalue weighted by atomic mass is 10.0. The predicted octanol–water partition coefficient (Wildman–Crippen LogP) is 2.31. The van der Waals surface area contributed by atoms with E-state index in [-0.39, 0.29) is 0 Å². The van der Waals surface area contributed by atoms with E-state index in [1.54, 1.807) is 7.11 Å². The number of hydrogen-bond donors (Lipinski definition) is 1. The number of hydrogen-bond acceptors (Lipinski definition) is 6. The molecule has 0 aliphatic carbocycles. The molecule has 6 nitrogen and oxygen atoms in total. The van der Waals surface area contributed by atoms with Crippen LogP contribution in [0, 0.1) is 0 Å². The van der Waals surface area contributed by atoms with E-state index < -0.39 is 6.04 Å². The predicted molar refractivity (Wildman–Crippen MR) is 81.9 cm³/mol. The van der Waals surface area contributed by atoms with Gasteiger partial charge in [-0.1, -0.05) is 22.0 Å². The summed E-state index contributed by atoms with van der Waals surface area (Å²) >= 11 is 3.40. The van der Waals surface area contributed by atoms with Gasteiger partial charge in [-0.2, -0.15) is 4.98 Å². The molecule has 0 fully saturated rings. The van der Waals surface area contributed by atoms with E-state index in [0.29, 0.717) is 23.2 Å². The average molecular weight is 354 g/mol. The van der Waals surface area contributed by atoms with Gasteiger partial charge >= 0.3 is 0 Å². The Morgan fingerprint density at radius 2 is 1.90 bits per heavy atom. The third kappa shape index (κ3) is 3.25. The van der Waals surface area contributed by atoms with Crippen molar-refractivity contribution in [2.24, 2.45) is 5.73 Å². The molecule has 112 valence electrons. The molecule has 2 N–H and O–H groups in total. The van der Waals surface area contributed by atoms with Crippen molar-refractivity contribution in [1.82, 2.24) is 9.97 Å². The molecule has 0 amide bonds. The zero-order valence-corrected chi connectivity index (χ0v) is 13.5. The van der Waals surface area contributed by atoms with Gasteiger partial charge < -0.3 is 19.9 Å². The van der Waals surface area contributed by atoms with Crippen molar-refractivity contribution in [3.63, 3.8) is 0 Å². The second-order valence-corrected chi connectivity index (χ2v) is 5.09. The van der Waals surface area contributed by atoms with Gasteiger partial charge in [-0.25, -0.2) is 4.98 Å². The topological polar surface area (TPSA) is 79.5 Å². The van der Waals surface area contributed by atoms with Crippen LogP contribution < -0.4 is 19.9 Å². The van der Waals surface area contributed by atoms with E-state index in [4.69, 9.17) is 19.9 Å². The fourth-order valence-electron chi connectivity index (χ4n) is 1.92. The highest BCUT2D eigenvalue weighted by molar-refractivity contribution is 9.10. The number of aromatic nitrogens is 2. The van der Waals surface area contributed by atoms with Crippen LogP contribution in [-0.4, -0.2) is 31.3 Å². The van der Waals surface area contributed by atoms with Gasteiger partial charge in [-0.3, -0.25) is 0 Å². The molecule has 7 heteroatoms. The maximum atomic E-state index is 6.29. The van der Waals surface area contributed by atoms with Crippen molar-refractivity contribution < 1.29 is 14.2 Å². The van der Waals surface area contributed by atoms with Crippen molar-refractivity contribution in [3.05, 3.63) is 40.1 Å². The zero-order valence-electron chi connectivity index (χ0n) is 12.0. The Morgan fingerprint density at radius 1 is 1.14 bits per heavy atom. The molecule has 1 heterocycles. The van der Waals surface area contributed by atoms with Gasteiger partial charge in [0.15, 0.2) is 0 Å². The molecule has 0 radical (unpaired) electrons. The summed E-state index contributed by atoms with van der Waals surface area (Å²) in [5.41, 5.74) is 7.60. The summed E-state index contributed by atoms with van der Waals surface area (Å²) < 4.78 is 16.5. The summed E-state index contributed by atoms with van der Waals surface area (Å²) in [7, 11) is 4.62. The van der Waals surface area contributed by atoms with Gasteiger partial charge in [0.1, 0.15) is 11.4 Å². The summed E-state index contributed by atoms with van der Waals surface area (Å²) in [6, 6.07) is 5.08. The molecule has 1 aromatic heterocycles. The van der Waals surface area contributed by atoms with Crippen LogP contribution in [0.5, 0.6) is 17.5 Å².